The molecule has 3 nitrogen and oxygen atoms in total. The lowest BCUT2D eigenvalue weighted by Gasteiger charge is -2.02. The minimum absolute atomic E-state index is 0.0552. The van der Waals surface area contributed by atoms with Crippen LogP contribution in [-0.2, 0) is 0 Å². The molecule has 0 bridgehead atoms. The molecule has 1 rings (SSSR count). The molecule has 0 aliphatic carbocycles. The molecule has 80 valence electrons. The van der Waals surface area contributed by atoms with E-state index in [0.29, 0.717) is 18.7 Å². The van der Waals surface area contributed by atoms with E-state index in [9.17, 15) is 4.79 Å². The third kappa shape index (κ3) is 3.95. The fourth-order valence-corrected chi connectivity index (χ4v) is 1.22. The predicted molar refractivity (Wildman–Crippen MR) is 61.7 cm³/mol. The molecule has 0 radical (unpaired) electrons. The highest BCUT2D eigenvalue weighted by atomic mass is 16.1. The molecule has 0 fully saturated rings. The van der Waals surface area contributed by atoms with Crippen LogP contribution >= 0.6 is 0 Å². The van der Waals surface area contributed by atoms with Crippen LogP contribution in [0.3, 0.4) is 0 Å². The van der Waals surface area contributed by atoms with Crippen molar-refractivity contribution in [3.05, 3.63) is 47.5 Å². The van der Waals surface area contributed by atoms with Crippen molar-refractivity contribution in [3.8, 4) is 0 Å². The van der Waals surface area contributed by atoms with E-state index >= 15 is 0 Å². The summed E-state index contributed by atoms with van der Waals surface area (Å²) in [4.78, 5) is 11.6. The van der Waals surface area contributed by atoms with Gasteiger partial charge in [0.25, 0.3) is 5.91 Å². The largest absolute Gasteiger partial charge is 0.349 e. The van der Waals surface area contributed by atoms with Gasteiger partial charge in [-0.15, -0.1) is 0 Å². The number of carbonyl (C=O) groups is 1. The Labute approximate surface area is 90.0 Å². The highest BCUT2D eigenvalue weighted by molar-refractivity contribution is 5.94. The lowest BCUT2D eigenvalue weighted by atomic mass is 10.1. The first-order valence-corrected chi connectivity index (χ1v) is 4.94. The van der Waals surface area contributed by atoms with Gasteiger partial charge in [0.15, 0.2) is 0 Å². The second-order valence-corrected chi connectivity index (χ2v) is 3.29. The zero-order chi connectivity index (χ0) is 11.1. The monoisotopic (exact) mass is 204 g/mol. The van der Waals surface area contributed by atoms with Gasteiger partial charge in [0.05, 0.1) is 0 Å². The number of aryl methyl sites for hydroxylation is 1. The second kappa shape index (κ2) is 5.98. The molecular formula is C12H16N2O. The molecule has 0 aromatic heterocycles. The van der Waals surface area contributed by atoms with Crippen molar-refractivity contribution >= 4 is 5.91 Å². The first-order chi connectivity index (χ1) is 7.24. The Balaban J connectivity index is 2.50. The normalized spacial score (nSPS) is 10.5. The van der Waals surface area contributed by atoms with Gasteiger partial charge in [0.2, 0.25) is 0 Å². The predicted octanol–water partition coefficient (Wildman–Crippen LogP) is 1.24. The average Bonchev–Trinajstić information content (AvgIpc) is 2.24. The summed E-state index contributed by atoms with van der Waals surface area (Å²) in [6.45, 7) is 2.98. The number of carbonyl (C=O) groups excluding carboxylic acids is 1. The molecule has 15 heavy (non-hydrogen) atoms. The number of amides is 1. The summed E-state index contributed by atoms with van der Waals surface area (Å²) in [7, 11) is 0. The van der Waals surface area contributed by atoms with E-state index in [1.807, 2.05) is 37.3 Å². The number of benzene rings is 1. The molecule has 0 atom stereocenters. The van der Waals surface area contributed by atoms with E-state index < -0.39 is 0 Å². The fraction of sp³-hybridized carbons (Fsp3) is 0.250. The molecule has 0 saturated carbocycles. The Morgan fingerprint density at radius 2 is 2.27 bits per heavy atom. The highest BCUT2D eigenvalue weighted by Crippen LogP contribution is 2.03. The van der Waals surface area contributed by atoms with Crippen LogP contribution in [0.15, 0.2) is 36.4 Å². The Morgan fingerprint density at radius 1 is 1.47 bits per heavy atom. The molecule has 0 aliphatic heterocycles. The number of hydrogen-bond acceptors (Lipinski definition) is 2. The van der Waals surface area contributed by atoms with Gasteiger partial charge in [0, 0.05) is 18.7 Å². The number of rotatable bonds is 4. The molecule has 3 heteroatoms. The number of nitrogens with one attached hydrogen (secondary N) is 1. The van der Waals surface area contributed by atoms with Gasteiger partial charge in [0.1, 0.15) is 0 Å². The molecule has 1 aromatic carbocycles. The molecule has 0 saturated heterocycles. The quantitative estimate of drug-likeness (QED) is 0.725. The lowest BCUT2D eigenvalue weighted by Crippen LogP contribution is -2.23. The number of hydrogen-bond donors (Lipinski definition) is 2. The Hall–Kier alpha value is -1.61. The van der Waals surface area contributed by atoms with Gasteiger partial charge >= 0.3 is 0 Å². The molecule has 0 heterocycles. The van der Waals surface area contributed by atoms with Crippen molar-refractivity contribution in [2.45, 2.75) is 6.92 Å². The summed E-state index contributed by atoms with van der Waals surface area (Å²) in [6, 6.07) is 7.50. The van der Waals surface area contributed by atoms with E-state index in [-0.39, 0.29) is 5.91 Å². The van der Waals surface area contributed by atoms with E-state index in [4.69, 9.17) is 5.73 Å². The average molecular weight is 204 g/mol. The van der Waals surface area contributed by atoms with Crippen LogP contribution in [0.2, 0.25) is 0 Å². The van der Waals surface area contributed by atoms with Crippen molar-refractivity contribution < 1.29 is 4.79 Å². The molecule has 3 N–H and O–H groups in total. The van der Waals surface area contributed by atoms with Crippen molar-refractivity contribution in [1.29, 1.82) is 0 Å². The van der Waals surface area contributed by atoms with Crippen LogP contribution in [0, 0.1) is 6.92 Å². The van der Waals surface area contributed by atoms with Crippen LogP contribution in [0.5, 0.6) is 0 Å². The van der Waals surface area contributed by atoms with Crippen molar-refractivity contribution in [2.24, 2.45) is 5.73 Å². The van der Waals surface area contributed by atoms with Crippen LogP contribution in [0.25, 0.3) is 0 Å². The maximum Gasteiger partial charge on any atom is 0.251 e. The SMILES string of the molecule is Cc1cccc(C(=O)NC/C=C/CN)c1. The Kier molecular flexibility index (Phi) is 4.57. The summed E-state index contributed by atoms with van der Waals surface area (Å²) >= 11 is 0. The van der Waals surface area contributed by atoms with E-state index in [1.165, 1.54) is 0 Å². The lowest BCUT2D eigenvalue weighted by molar-refractivity contribution is 0.0958. The van der Waals surface area contributed by atoms with Gasteiger partial charge in [-0.2, -0.15) is 0 Å². The van der Waals surface area contributed by atoms with Crippen LogP contribution in [0.1, 0.15) is 15.9 Å². The highest BCUT2D eigenvalue weighted by Gasteiger charge is 2.02. The van der Waals surface area contributed by atoms with E-state index in [0.717, 1.165) is 5.56 Å². The Bertz CT molecular complexity index is 358. The van der Waals surface area contributed by atoms with Crippen molar-refractivity contribution in [2.75, 3.05) is 13.1 Å². The Morgan fingerprint density at radius 3 is 2.93 bits per heavy atom. The van der Waals surface area contributed by atoms with Crippen LogP contribution < -0.4 is 11.1 Å². The van der Waals surface area contributed by atoms with E-state index in [2.05, 4.69) is 5.32 Å². The maximum absolute atomic E-state index is 11.6. The fourth-order valence-electron chi connectivity index (χ4n) is 1.22. The standard InChI is InChI=1S/C12H16N2O/c1-10-5-4-6-11(9-10)12(15)14-8-3-2-7-13/h2-6,9H,7-8,13H2,1H3,(H,14,15)/b3-2+. The van der Waals surface area contributed by atoms with Crippen LogP contribution in [-0.4, -0.2) is 19.0 Å². The van der Waals surface area contributed by atoms with Gasteiger partial charge in [-0.05, 0) is 19.1 Å². The molecule has 0 spiro atoms. The topological polar surface area (TPSA) is 55.1 Å². The minimum atomic E-state index is -0.0552. The number of nitrogens with two attached hydrogens (primary N) is 1. The summed E-state index contributed by atoms with van der Waals surface area (Å²) in [5.41, 5.74) is 7.05. The van der Waals surface area contributed by atoms with Gasteiger partial charge in [-0.25, -0.2) is 0 Å². The molecule has 0 unspecified atom stereocenters. The van der Waals surface area contributed by atoms with Crippen LogP contribution in [0.4, 0.5) is 0 Å². The maximum atomic E-state index is 11.6. The molecule has 1 aromatic rings. The zero-order valence-electron chi connectivity index (χ0n) is 8.86. The third-order valence-electron chi connectivity index (χ3n) is 1.96. The van der Waals surface area contributed by atoms with Gasteiger partial charge in [-0.1, -0.05) is 29.8 Å². The van der Waals surface area contributed by atoms with Gasteiger partial charge in [-0.3, -0.25) is 4.79 Å². The first kappa shape index (κ1) is 11.5. The summed E-state index contributed by atoms with van der Waals surface area (Å²) in [5.74, 6) is -0.0552. The zero-order valence-corrected chi connectivity index (χ0v) is 8.86. The summed E-state index contributed by atoms with van der Waals surface area (Å²) < 4.78 is 0. The van der Waals surface area contributed by atoms with Gasteiger partial charge < -0.3 is 11.1 Å². The molecule has 1 amide bonds. The molecule has 0 aliphatic rings. The smallest absolute Gasteiger partial charge is 0.251 e. The molecular weight excluding hydrogens is 188 g/mol. The van der Waals surface area contributed by atoms with E-state index in [1.54, 1.807) is 6.07 Å². The van der Waals surface area contributed by atoms with Crippen molar-refractivity contribution in [1.82, 2.24) is 5.32 Å². The second-order valence-electron chi connectivity index (χ2n) is 3.29. The third-order valence-corrected chi connectivity index (χ3v) is 1.96. The summed E-state index contributed by atoms with van der Waals surface area (Å²) in [5, 5.41) is 2.78. The summed E-state index contributed by atoms with van der Waals surface area (Å²) in [6.07, 6.45) is 3.66. The van der Waals surface area contributed by atoms with Crippen molar-refractivity contribution in [3.63, 3.8) is 0 Å². The first-order valence-electron chi connectivity index (χ1n) is 4.94. The minimum Gasteiger partial charge on any atom is -0.349 e.